The second kappa shape index (κ2) is 7.72. The first kappa shape index (κ1) is 18.0. The standard InChI is InChI=1S/C23H23N3O2/c1-16-25-21-6-3-4-7-22(21)26(16)13-5-12-24-23(27)19-9-8-18-15-20(28-2)11-10-17(18)14-19/h3-4,6-11,14-15H,5,12-13H2,1-2H3,(H,24,27). The van der Waals surface area contributed by atoms with Gasteiger partial charge in [0.05, 0.1) is 18.1 Å². The fourth-order valence-electron chi connectivity index (χ4n) is 3.51. The molecule has 0 fully saturated rings. The molecule has 0 aliphatic heterocycles. The van der Waals surface area contributed by atoms with Crippen LogP contribution < -0.4 is 10.1 Å². The summed E-state index contributed by atoms with van der Waals surface area (Å²) < 4.78 is 7.44. The number of fused-ring (bicyclic) bond motifs is 2. The van der Waals surface area contributed by atoms with E-state index in [4.69, 9.17) is 4.74 Å². The number of nitrogens with one attached hydrogen (secondary N) is 1. The summed E-state index contributed by atoms with van der Waals surface area (Å²) >= 11 is 0. The molecule has 142 valence electrons. The first-order valence-corrected chi connectivity index (χ1v) is 9.43. The third-order valence-electron chi connectivity index (χ3n) is 5.00. The van der Waals surface area contributed by atoms with Gasteiger partial charge in [0.1, 0.15) is 11.6 Å². The largest absolute Gasteiger partial charge is 0.497 e. The number of nitrogens with zero attached hydrogens (tertiary/aromatic N) is 2. The SMILES string of the molecule is COc1ccc2cc(C(=O)NCCCn3c(C)nc4ccccc43)ccc2c1. The summed E-state index contributed by atoms with van der Waals surface area (Å²) in [6.07, 6.45) is 0.845. The number of hydrogen-bond acceptors (Lipinski definition) is 3. The van der Waals surface area contributed by atoms with Gasteiger partial charge in [-0.3, -0.25) is 4.79 Å². The molecule has 0 aliphatic rings. The highest BCUT2D eigenvalue weighted by molar-refractivity contribution is 5.98. The van der Waals surface area contributed by atoms with Gasteiger partial charge in [0.2, 0.25) is 0 Å². The molecule has 1 N–H and O–H groups in total. The third kappa shape index (κ3) is 3.56. The van der Waals surface area contributed by atoms with Crippen LogP contribution in [-0.2, 0) is 6.54 Å². The molecule has 0 saturated carbocycles. The van der Waals surface area contributed by atoms with Crippen LogP contribution in [0.15, 0.2) is 60.7 Å². The zero-order valence-electron chi connectivity index (χ0n) is 16.1. The number of carbonyl (C=O) groups excluding carboxylic acids is 1. The maximum atomic E-state index is 12.5. The Balaban J connectivity index is 1.38. The fourth-order valence-corrected chi connectivity index (χ4v) is 3.51. The number of carbonyl (C=O) groups is 1. The van der Waals surface area contributed by atoms with Crippen molar-refractivity contribution < 1.29 is 9.53 Å². The van der Waals surface area contributed by atoms with Crippen LogP contribution in [0.2, 0.25) is 0 Å². The van der Waals surface area contributed by atoms with Crippen molar-refractivity contribution in [3.8, 4) is 5.75 Å². The van der Waals surface area contributed by atoms with Gasteiger partial charge >= 0.3 is 0 Å². The molecule has 5 heteroatoms. The van der Waals surface area contributed by atoms with Crippen LogP contribution in [-0.4, -0.2) is 29.1 Å². The van der Waals surface area contributed by atoms with Crippen molar-refractivity contribution in [3.05, 3.63) is 72.1 Å². The number of aryl methyl sites for hydroxylation is 2. The molecule has 1 heterocycles. The number of ether oxygens (including phenoxy) is 1. The lowest BCUT2D eigenvalue weighted by Gasteiger charge is -2.09. The number of imidazole rings is 1. The van der Waals surface area contributed by atoms with E-state index in [0.717, 1.165) is 46.3 Å². The third-order valence-corrected chi connectivity index (χ3v) is 5.00. The molecule has 3 aromatic carbocycles. The van der Waals surface area contributed by atoms with Gasteiger partial charge in [-0.25, -0.2) is 4.98 Å². The van der Waals surface area contributed by atoms with Gasteiger partial charge in [-0.1, -0.05) is 24.3 Å². The van der Waals surface area contributed by atoms with Gasteiger partial charge in [0.15, 0.2) is 0 Å². The Bertz CT molecular complexity index is 1150. The number of benzene rings is 3. The Hall–Kier alpha value is -3.34. The second-order valence-electron chi connectivity index (χ2n) is 6.84. The fraction of sp³-hybridized carbons (Fsp3) is 0.217. The van der Waals surface area contributed by atoms with E-state index in [-0.39, 0.29) is 5.91 Å². The number of para-hydroxylation sites is 2. The first-order chi connectivity index (χ1) is 13.7. The van der Waals surface area contributed by atoms with Crippen molar-refractivity contribution in [1.82, 2.24) is 14.9 Å². The van der Waals surface area contributed by atoms with Crippen LogP contribution in [0.5, 0.6) is 5.75 Å². The quantitative estimate of drug-likeness (QED) is 0.512. The van der Waals surface area contributed by atoms with Crippen molar-refractivity contribution >= 4 is 27.7 Å². The summed E-state index contributed by atoms with van der Waals surface area (Å²) in [5.41, 5.74) is 2.81. The van der Waals surface area contributed by atoms with E-state index in [9.17, 15) is 4.79 Å². The Morgan fingerprint density at radius 1 is 1.07 bits per heavy atom. The number of amides is 1. The Morgan fingerprint density at radius 3 is 2.71 bits per heavy atom. The maximum Gasteiger partial charge on any atom is 0.251 e. The normalized spacial score (nSPS) is 11.1. The van der Waals surface area contributed by atoms with Crippen molar-refractivity contribution in [3.63, 3.8) is 0 Å². The van der Waals surface area contributed by atoms with Crippen LogP contribution >= 0.6 is 0 Å². The van der Waals surface area contributed by atoms with E-state index in [0.29, 0.717) is 12.1 Å². The Kier molecular flexibility index (Phi) is 4.98. The average Bonchev–Trinajstić information content (AvgIpc) is 3.05. The number of aromatic nitrogens is 2. The smallest absolute Gasteiger partial charge is 0.251 e. The minimum Gasteiger partial charge on any atom is -0.497 e. The molecule has 4 rings (SSSR count). The highest BCUT2D eigenvalue weighted by Crippen LogP contribution is 2.22. The Labute approximate surface area is 164 Å². The van der Waals surface area contributed by atoms with Gasteiger partial charge in [0.25, 0.3) is 5.91 Å². The average molecular weight is 373 g/mol. The van der Waals surface area contributed by atoms with E-state index < -0.39 is 0 Å². The number of methoxy groups -OCH3 is 1. The molecule has 4 aromatic rings. The number of rotatable bonds is 6. The number of hydrogen-bond donors (Lipinski definition) is 1. The van der Waals surface area contributed by atoms with Gasteiger partial charge < -0.3 is 14.6 Å². The van der Waals surface area contributed by atoms with E-state index in [2.05, 4.69) is 20.9 Å². The molecule has 0 unspecified atom stereocenters. The van der Waals surface area contributed by atoms with Crippen molar-refractivity contribution in [2.45, 2.75) is 19.9 Å². The van der Waals surface area contributed by atoms with Crippen molar-refractivity contribution in [2.24, 2.45) is 0 Å². The highest BCUT2D eigenvalue weighted by atomic mass is 16.5. The molecule has 5 nitrogen and oxygen atoms in total. The monoisotopic (exact) mass is 373 g/mol. The molecule has 28 heavy (non-hydrogen) atoms. The van der Waals surface area contributed by atoms with Gasteiger partial charge in [0, 0.05) is 18.7 Å². The van der Waals surface area contributed by atoms with Gasteiger partial charge in [-0.05, 0) is 60.5 Å². The predicted molar refractivity (Wildman–Crippen MR) is 112 cm³/mol. The first-order valence-electron chi connectivity index (χ1n) is 9.43. The molecule has 0 atom stereocenters. The molecule has 1 aromatic heterocycles. The van der Waals surface area contributed by atoms with Crippen molar-refractivity contribution in [2.75, 3.05) is 13.7 Å². The highest BCUT2D eigenvalue weighted by Gasteiger charge is 2.08. The molecular weight excluding hydrogens is 350 g/mol. The molecule has 0 aliphatic carbocycles. The predicted octanol–water partition coefficient (Wildman–Crippen LogP) is 4.33. The lowest BCUT2D eigenvalue weighted by atomic mass is 10.1. The molecule has 0 spiro atoms. The van der Waals surface area contributed by atoms with Crippen LogP contribution in [0.4, 0.5) is 0 Å². The zero-order valence-corrected chi connectivity index (χ0v) is 16.1. The minimum atomic E-state index is -0.0510. The van der Waals surface area contributed by atoms with Crippen molar-refractivity contribution in [1.29, 1.82) is 0 Å². The molecule has 1 amide bonds. The molecular formula is C23H23N3O2. The van der Waals surface area contributed by atoms with E-state index in [1.165, 1.54) is 0 Å². The van der Waals surface area contributed by atoms with Gasteiger partial charge in [-0.15, -0.1) is 0 Å². The van der Waals surface area contributed by atoms with E-state index in [1.807, 2.05) is 61.5 Å². The maximum absolute atomic E-state index is 12.5. The summed E-state index contributed by atoms with van der Waals surface area (Å²) in [4.78, 5) is 17.1. The van der Waals surface area contributed by atoms with Crippen LogP contribution in [0.1, 0.15) is 22.6 Å². The van der Waals surface area contributed by atoms with E-state index in [1.54, 1.807) is 7.11 Å². The van der Waals surface area contributed by atoms with Crippen LogP contribution in [0, 0.1) is 6.92 Å². The van der Waals surface area contributed by atoms with Crippen LogP contribution in [0.25, 0.3) is 21.8 Å². The minimum absolute atomic E-state index is 0.0510. The summed E-state index contributed by atoms with van der Waals surface area (Å²) in [7, 11) is 1.65. The Morgan fingerprint density at radius 2 is 1.86 bits per heavy atom. The molecule has 0 radical (unpaired) electrons. The summed E-state index contributed by atoms with van der Waals surface area (Å²) in [6, 6.07) is 19.7. The van der Waals surface area contributed by atoms with Crippen LogP contribution in [0.3, 0.4) is 0 Å². The lowest BCUT2D eigenvalue weighted by Crippen LogP contribution is -2.25. The summed E-state index contributed by atoms with van der Waals surface area (Å²) in [5, 5.41) is 5.10. The molecule has 0 saturated heterocycles. The zero-order chi connectivity index (χ0) is 19.5. The summed E-state index contributed by atoms with van der Waals surface area (Å²) in [5.74, 6) is 1.76. The summed E-state index contributed by atoms with van der Waals surface area (Å²) in [6.45, 7) is 3.46. The van der Waals surface area contributed by atoms with E-state index >= 15 is 0 Å². The second-order valence-corrected chi connectivity index (χ2v) is 6.84. The van der Waals surface area contributed by atoms with Gasteiger partial charge in [-0.2, -0.15) is 0 Å². The topological polar surface area (TPSA) is 56.1 Å². The lowest BCUT2D eigenvalue weighted by molar-refractivity contribution is 0.0953. The molecule has 0 bridgehead atoms.